The molecule has 1 unspecified atom stereocenters. The number of hydrogen-bond acceptors (Lipinski definition) is 5. The van der Waals surface area contributed by atoms with Gasteiger partial charge in [0.1, 0.15) is 5.75 Å². The highest BCUT2D eigenvalue weighted by molar-refractivity contribution is 7.98. The average molecular weight is 370 g/mol. The van der Waals surface area contributed by atoms with Crippen LogP contribution in [0.3, 0.4) is 0 Å². The third-order valence-corrected chi connectivity index (χ3v) is 5.17. The number of fused-ring (bicyclic) bond motifs is 1. The van der Waals surface area contributed by atoms with Crippen LogP contribution in [0, 0.1) is 0 Å². The first-order valence-corrected chi connectivity index (χ1v) is 9.38. The van der Waals surface area contributed by atoms with Crippen LogP contribution in [0.1, 0.15) is 18.5 Å². The van der Waals surface area contributed by atoms with Crippen molar-refractivity contribution in [2.24, 2.45) is 0 Å². The van der Waals surface area contributed by atoms with Crippen LogP contribution in [0.15, 0.2) is 58.5 Å². The van der Waals surface area contributed by atoms with Gasteiger partial charge in [-0.15, -0.1) is 0 Å². The fourth-order valence-corrected chi connectivity index (χ4v) is 3.85. The molecule has 0 saturated carbocycles. The minimum absolute atomic E-state index is 0.0302. The third-order valence-electron chi connectivity index (χ3n) is 4.15. The van der Waals surface area contributed by atoms with Crippen molar-refractivity contribution in [3.8, 4) is 5.75 Å². The number of thioether (sulfide) groups is 1. The zero-order valence-corrected chi connectivity index (χ0v) is 16.0. The Morgan fingerprint density at radius 2 is 1.85 bits per heavy atom. The van der Waals surface area contributed by atoms with Crippen molar-refractivity contribution in [3.63, 3.8) is 0 Å². The van der Waals surface area contributed by atoms with Crippen LogP contribution >= 0.6 is 11.8 Å². The number of benzene rings is 2. The maximum absolute atomic E-state index is 13.0. The predicted octanol–water partition coefficient (Wildman–Crippen LogP) is 3.90. The summed E-state index contributed by atoms with van der Waals surface area (Å²) >= 11 is 1.55. The van der Waals surface area contributed by atoms with Crippen LogP contribution in [-0.4, -0.2) is 30.4 Å². The van der Waals surface area contributed by atoms with Crippen LogP contribution < -0.4 is 10.3 Å². The molecule has 0 saturated heterocycles. The molecule has 3 rings (SSSR count). The van der Waals surface area contributed by atoms with Gasteiger partial charge in [-0.25, -0.2) is 4.98 Å². The maximum Gasteiger partial charge on any atom is 0.262 e. The van der Waals surface area contributed by atoms with Crippen molar-refractivity contribution in [2.75, 3.05) is 20.8 Å². The molecule has 1 aromatic heterocycles. The highest BCUT2D eigenvalue weighted by Crippen LogP contribution is 2.25. The standard InChI is InChI=1S/C20H22N2O3S/c1-14(12-24-2)22-19(23)17-6-4-5-7-18(17)21-20(22)26-13-15-8-10-16(25-3)11-9-15/h4-11,14H,12-13H2,1-3H3. The van der Waals surface area contributed by atoms with E-state index in [1.54, 1.807) is 30.5 Å². The lowest BCUT2D eigenvalue weighted by molar-refractivity contribution is 0.156. The molecule has 0 amide bonds. The van der Waals surface area contributed by atoms with E-state index in [0.717, 1.165) is 16.8 Å². The summed E-state index contributed by atoms with van der Waals surface area (Å²) in [7, 11) is 3.29. The number of hydrogen-bond donors (Lipinski definition) is 0. The number of methoxy groups -OCH3 is 2. The van der Waals surface area contributed by atoms with E-state index in [1.165, 1.54) is 0 Å². The minimum atomic E-state index is -0.0945. The summed E-state index contributed by atoms with van der Waals surface area (Å²) in [6, 6.07) is 15.3. The molecule has 5 nitrogen and oxygen atoms in total. The molecule has 136 valence electrons. The van der Waals surface area contributed by atoms with Crippen LogP contribution in [0.4, 0.5) is 0 Å². The van der Waals surface area contributed by atoms with Crippen molar-refractivity contribution in [3.05, 3.63) is 64.4 Å². The van der Waals surface area contributed by atoms with Crippen LogP contribution in [0.25, 0.3) is 10.9 Å². The second kappa shape index (κ2) is 8.38. The van der Waals surface area contributed by atoms with E-state index in [9.17, 15) is 4.79 Å². The molecular weight excluding hydrogens is 348 g/mol. The number of ether oxygens (including phenoxy) is 2. The van der Waals surface area contributed by atoms with Gasteiger partial charge >= 0.3 is 0 Å². The van der Waals surface area contributed by atoms with E-state index in [1.807, 2.05) is 55.5 Å². The summed E-state index contributed by atoms with van der Waals surface area (Å²) in [4.78, 5) is 17.7. The van der Waals surface area contributed by atoms with Gasteiger partial charge in [-0.05, 0) is 36.8 Å². The molecule has 0 aliphatic heterocycles. The van der Waals surface area contributed by atoms with Crippen molar-refractivity contribution in [2.45, 2.75) is 23.9 Å². The molecule has 0 spiro atoms. The molecule has 1 atom stereocenters. The Hall–Kier alpha value is -2.31. The molecule has 26 heavy (non-hydrogen) atoms. The minimum Gasteiger partial charge on any atom is -0.497 e. The van der Waals surface area contributed by atoms with E-state index < -0.39 is 0 Å². The summed E-state index contributed by atoms with van der Waals surface area (Å²) in [5.74, 6) is 1.54. The van der Waals surface area contributed by atoms with Gasteiger partial charge in [-0.2, -0.15) is 0 Å². The Balaban J connectivity index is 1.96. The van der Waals surface area contributed by atoms with Crippen LogP contribution in [-0.2, 0) is 10.5 Å². The first kappa shape index (κ1) is 18.5. The van der Waals surface area contributed by atoms with E-state index >= 15 is 0 Å². The van der Waals surface area contributed by atoms with Crippen molar-refractivity contribution < 1.29 is 9.47 Å². The van der Waals surface area contributed by atoms with Crippen LogP contribution in [0.5, 0.6) is 5.75 Å². The summed E-state index contributed by atoms with van der Waals surface area (Å²) in [6.45, 7) is 2.43. The Kier molecular flexibility index (Phi) is 5.96. The number of nitrogens with zero attached hydrogens (tertiary/aromatic N) is 2. The maximum atomic E-state index is 13.0. The molecule has 3 aromatic rings. The topological polar surface area (TPSA) is 53.4 Å². The molecule has 0 N–H and O–H groups in total. The second-order valence-corrected chi connectivity index (χ2v) is 6.97. The Morgan fingerprint density at radius 3 is 2.54 bits per heavy atom. The number of para-hydroxylation sites is 1. The molecule has 0 aliphatic rings. The number of rotatable bonds is 7. The van der Waals surface area contributed by atoms with Gasteiger partial charge < -0.3 is 9.47 Å². The normalized spacial score (nSPS) is 12.3. The lowest BCUT2D eigenvalue weighted by atomic mass is 10.2. The molecular formula is C20H22N2O3S. The number of aromatic nitrogens is 2. The molecule has 0 bridgehead atoms. The average Bonchev–Trinajstić information content (AvgIpc) is 2.67. The quantitative estimate of drug-likeness (QED) is 0.466. The van der Waals surface area contributed by atoms with Gasteiger partial charge in [0.15, 0.2) is 5.16 Å². The second-order valence-electron chi connectivity index (χ2n) is 6.03. The van der Waals surface area contributed by atoms with Gasteiger partial charge in [-0.1, -0.05) is 36.0 Å². The van der Waals surface area contributed by atoms with Crippen LogP contribution in [0.2, 0.25) is 0 Å². The largest absolute Gasteiger partial charge is 0.497 e. The van der Waals surface area contributed by atoms with E-state index in [4.69, 9.17) is 14.5 Å². The van der Waals surface area contributed by atoms with Crippen molar-refractivity contribution in [1.29, 1.82) is 0 Å². The smallest absolute Gasteiger partial charge is 0.262 e. The van der Waals surface area contributed by atoms with Gasteiger partial charge in [0.05, 0.1) is 30.7 Å². The highest BCUT2D eigenvalue weighted by Gasteiger charge is 2.16. The van der Waals surface area contributed by atoms with E-state index in [0.29, 0.717) is 22.9 Å². The molecule has 0 radical (unpaired) electrons. The van der Waals surface area contributed by atoms with Crippen molar-refractivity contribution in [1.82, 2.24) is 9.55 Å². The molecule has 1 heterocycles. The van der Waals surface area contributed by atoms with Crippen molar-refractivity contribution >= 4 is 22.7 Å². The Bertz CT molecular complexity index is 938. The van der Waals surface area contributed by atoms with Gasteiger partial charge in [0, 0.05) is 12.9 Å². The lowest BCUT2D eigenvalue weighted by Gasteiger charge is -2.19. The Morgan fingerprint density at radius 1 is 1.12 bits per heavy atom. The molecule has 0 fully saturated rings. The zero-order chi connectivity index (χ0) is 18.5. The lowest BCUT2D eigenvalue weighted by Crippen LogP contribution is -2.28. The molecule has 6 heteroatoms. The summed E-state index contributed by atoms with van der Waals surface area (Å²) in [5.41, 5.74) is 1.83. The molecule has 0 aliphatic carbocycles. The Labute approximate surface area is 157 Å². The fraction of sp³-hybridized carbons (Fsp3) is 0.300. The first-order valence-electron chi connectivity index (χ1n) is 8.40. The summed E-state index contributed by atoms with van der Waals surface area (Å²) < 4.78 is 12.2. The van der Waals surface area contributed by atoms with Gasteiger partial charge in [-0.3, -0.25) is 9.36 Å². The third kappa shape index (κ3) is 3.92. The fourth-order valence-electron chi connectivity index (χ4n) is 2.80. The zero-order valence-electron chi connectivity index (χ0n) is 15.1. The van der Waals surface area contributed by atoms with E-state index in [2.05, 4.69) is 0 Å². The molecule has 2 aromatic carbocycles. The SMILES string of the molecule is COCC(C)n1c(SCc2ccc(OC)cc2)nc2ccccc2c1=O. The van der Waals surface area contributed by atoms with Gasteiger partial charge in [0.2, 0.25) is 0 Å². The highest BCUT2D eigenvalue weighted by atomic mass is 32.2. The predicted molar refractivity (Wildman–Crippen MR) is 105 cm³/mol. The van der Waals surface area contributed by atoms with E-state index in [-0.39, 0.29) is 11.6 Å². The first-order chi connectivity index (χ1) is 12.6. The summed E-state index contributed by atoms with van der Waals surface area (Å²) in [5, 5.41) is 1.33. The summed E-state index contributed by atoms with van der Waals surface area (Å²) in [6.07, 6.45) is 0. The monoisotopic (exact) mass is 370 g/mol. The van der Waals surface area contributed by atoms with Gasteiger partial charge in [0.25, 0.3) is 5.56 Å².